The van der Waals surface area contributed by atoms with E-state index in [0.717, 1.165) is 45.9 Å². The number of likely N-dealkylation sites (tertiary alicyclic amines) is 1. The molecule has 0 radical (unpaired) electrons. The number of aromatic amines is 1. The molecule has 0 spiro atoms. The monoisotopic (exact) mass is 421 g/mol. The summed E-state index contributed by atoms with van der Waals surface area (Å²) in [6, 6.07) is 13.9. The van der Waals surface area contributed by atoms with Gasteiger partial charge in [0.2, 0.25) is 0 Å². The largest absolute Gasteiger partial charge is 0.373 e. The molecule has 0 saturated carbocycles. The van der Waals surface area contributed by atoms with E-state index in [9.17, 15) is 5.11 Å². The Hall–Kier alpha value is -1.21. The van der Waals surface area contributed by atoms with Gasteiger partial charge in [-0.1, -0.05) is 35.0 Å². The highest BCUT2D eigenvalue weighted by atomic mass is 35.5. The Morgan fingerprint density at radius 1 is 1.19 bits per heavy atom. The van der Waals surface area contributed by atoms with E-state index in [2.05, 4.69) is 22.2 Å². The summed E-state index contributed by atoms with van der Waals surface area (Å²) in [4.78, 5) is 7.69. The fourth-order valence-electron chi connectivity index (χ4n) is 3.44. The van der Waals surface area contributed by atoms with E-state index in [1.165, 1.54) is 0 Å². The van der Waals surface area contributed by atoms with Gasteiger partial charge in [-0.25, -0.2) is 0 Å². The lowest BCUT2D eigenvalue weighted by Gasteiger charge is -2.17. The first-order valence-electron chi connectivity index (χ1n) is 8.86. The Labute approximate surface area is 172 Å². The van der Waals surface area contributed by atoms with Crippen LogP contribution in [-0.4, -0.2) is 41.2 Å². The van der Waals surface area contributed by atoms with Crippen LogP contribution in [-0.2, 0) is 0 Å². The van der Waals surface area contributed by atoms with Gasteiger partial charge in [-0.05, 0) is 62.5 Å². The fourth-order valence-corrected chi connectivity index (χ4v) is 4.84. The number of nitrogens with zero attached hydrogens (tertiary/aromatic N) is 1. The quantitative estimate of drug-likeness (QED) is 0.512. The van der Waals surface area contributed by atoms with E-state index in [4.69, 9.17) is 23.2 Å². The van der Waals surface area contributed by atoms with Crippen molar-refractivity contribution in [1.29, 1.82) is 0 Å². The van der Waals surface area contributed by atoms with Gasteiger partial charge in [0.25, 0.3) is 0 Å². The molecule has 3 N–H and O–H groups in total. The molecule has 2 unspecified atom stereocenters. The van der Waals surface area contributed by atoms with E-state index in [-0.39, 0.29) is 0 Å². The minimum Gasteiger partial charge on any atom is -0.373 e. The second-order valence-corrected chi connectivity index (χ2v) is 8.95. The van der Waals surface area contributed by atoms with E-state index in [1.54, 1.807) is 11.8 Å². The molecule has 2 heterocycles. The highest BCUT2D eigenvalue weighted by Gasteiger charge is 2.23. The SMILES string of the molecule is CN1CCC(NC(O)c2cc3c(Sc4ccc(Cl)cc4)cc(Cl)cc3[nH]2)C1. The van der Waals surface area contributed by atoms with Gasteiger partial charge in [-0.15, -0.1) is 0 Å². The zero-order chi connectivity index (χ0) is 19.0. The molecule has 1 aliphatic heterocycles. The molecule has 0 bridgehead atoms. The number of nitrogens with one attached hydrogen (secondary N) is 2. The lowest BCUT2D eigenvalue weighted by Crippen LogP contribution is -2.34. The van der Waals surface area contributed by atoms with E-state index in [0.29, 0.717) is 16.1 Å². The van der Waals surface area contributed by atoms with Crippen molar-refractivity contribution in [3.8, 4) is 0 Å². The van der Waals surface area contributed by atoms with Crippen molar-refractivity contribution in [1.82, 2.24) is 15.2 Å². The molecule has 27 heavy (non-hydrogen) atoms. The molecule has 1 saturated heterocycles. The van der Waals surface area contributed by atoms with Crippen molar-refractivity contribution in [2.75, 3.05) is 20.1 Å². The second-order valence-electron chi connectivity index (χ2n) is 6.96. The summed E-state index contributed by atoms with van der Waals surface area (Å²) in [5.41, 5.74) is 1.66. The topological polar surface area (TPSA) is 51.3 Å². The third-order valence-corrected chi connectivity index (χ3v) is 6.34. The third-order valence-electron chi connectivity index (χ3n) is 4.81. The van der Waals surface area contributed by atoms with Gasteiger partial charge in [0.1, 0.15) is 6.23 Å². The molecular weight excluding hydrogens is 401 g/mol. The van der Waals surface area contributed by atoms with Crippen molar-refractivity contribution in [2.24, 2.45) is 0 Å². The smallest absolute Gasteiger partial charge is 0.146 e. The third kappa shape index (κ3) is 4.45. The molecule has 1 aromatic heterocycles. The Kier molecular flexibility index (Phi) is 5.69. The van der Waals surface area contributed by atoms with Crippen molar-refractivity contribution in [2.45, 2.75) is 28.5 Å². The van der Waals surface area contributed by atoms with Crippen LogP contribution in [0.3, 0.4) is 0 Å². The molecule has 3 aromatic rings. The van der Waals surface area contributed by atoms with Crippen molar-refractivity contribution in [3.05, 3.63) is 58.2 Å². The van der Waals surface area contributed by atoms with Gasteiger partial charge >= 0.3 is 0 Å². The van der Waals surface area contributed by atoms with Crippen LogP contribution >= 0.6 is 35.0 Å². The number of likely N-dealkylation sites (N-methyl/N-ethyl adjacent to an activating group) is 1. The first-order valence-corrected chi connectivity index (χ1v) is 10.4. The summed E-state index contributed by atoms with van der Waals surface area (Å²) in [5, 5.41) is 16.4. The Morgan fingerprint density at radius 3 is 2.67 bits per heavy atom. The number of benzene rings is 2. The molecular formula is C20H21Cl2N3OS. The van der Waals surface area contributed by atoms with Crippen LogP contribution in [0.2, 0.25) is 10.0 Å². The molecule has 2 aromatic carbocycles. The standard InChI is InChI=1S/C20H21Cl2N3OS/c1-25-7-6-14(11-25)23-20(26)18-10-16-17(24-18)8-13(22)9-19(16)27-15-4-2-12(21)3-5-15/h2-5,8-10,14,20,23-24,26H,6-7,11H2,1H3. The average Bonchev–Trinajstić information content (AvgIpc) is 3.23. The number of aliphatic hydroxyl groups is 1. The maximum Gasteiger partial charge on any atom is 0.146 e. The molecule has 7 heteroatoms. The summed E-state index contributed by atoms with van der Waals surface area (Å²) in [6.07, 6.45) is 0.304. The number of aromatic nitrogens is 1. The average molecular weight is 422 g/mol. The number of hydrogen-bond acceptors (Lipinski definition) is 4. The van der Waals surface area contributed by atoms with Gasteiger partial charge < -0.3 is 15.0 Å². The van der Waals surface area contributed by atoms with Crippen LogP contribution in [0.5, 0.6) is 0 Å². The number of fused-ring (bicyclic) bond motifs is 1. The van der Waals surface area contributed by atoms with E-state index < -0.39 is 6.23 Å². The van der Waals surface area contributed by atoms with Crippen LogP contribution in [0, 0.1) is 0 Å². The number of aliphatic hydroxyl groups excluding tert-OH is 1. The summed E-state index contributed by atoms with van der Waals surface area (Å²) < 4.78 is 0. The van der Waals surface area contributed by atoms with Crippen LogP contribution in [0.15, 0.2) is 52.3 Å². The lowest BCUT2D eigenvalue weighted by molar-refractivity contribution is 0.120. The fraction of sp³-hybridized carbons (Fsp3) is 0.300. The maximum absolute atomic E-state index is 10.6. The molecule has 0 amide bonds. The van der Waals surface area contributed by atoms with Gasteiger partial charge in [0.15, 0.2) is 0 Å². The molecule has 1 aliphatic rings. The zero-order valence-electron chi connectivity index (χ0n) is 14.9. The van der Waals surface area contributed by atoms with Crippen molar-refractivity contribution >= 4 is 45.9 Å². The highest BCUT2D eigenvalue weighted by Crippen LogP contribution is 2.37. The highest BCUT2D eigenvalue weighted by molar-refractivity contribution is 7.99. The van der Waals surface area contributed by atoms with E-state index >= 15 is 0 Å². The summed E-state index contributed by atoms with van der Waals surface area (Å²) in [6.45, 7) is 2.00. The summed E-state index contributed by atoms with van der Waals surface area (Å²) in [7, 11) is 2.10. The van der Waals surface area contributed by atoms with Crippen molar-refractivity contribution < 1.29 is 5.11 Å². The number of hydrogen-bond donors (Lipinski definition) is 3. The van der Waals surface area contributed by atoms with Crippen LogP contribution in [0.25, 0.3) is 10.9 Å². The Balaban J connectivity index is 1.60. The van der Waals surface area contributed by atoms with Crippen LogP contribution in [0.4, 0.5) is 0 Å². The Morgan fingerprint density at radius 2 is 1.96 bits per heavy atom. The van der Waals surface area contributed by atoms with Gasteiger partial charge in [0, 0.05) is 43.3 Å². The lowest BCUT2D eigenvalue weighted by atomic mass is 10.2. The van der Waals surface area contributed by atoms with Crippen LogP contribution < -0.4 is 5.32 Å². The molecule has 142 valence electrons. The summed E-state index contributed by atoms with van der Waals surface area (Å²) >= 11 is 13.9. The predicted molar refractivity (Wildman–Crippen MR) is 113 cm³/mol. The van der Waals surface area contributed by atoms with Crippen molar-refractivity contribution in [3.63, 3.8) is 0 Å². The minimum atomic E-state index is -0.735. The maximum atomic E-state index is 10.6. The first kappa shape index (κ1) is 19.1. The second kappa shape index (κ2) is 8.03. The predicted octanol–water partition coefficient (Wildman–Crippen LogP) is 4.91. The Bertz CT molecular complexity index is 944. The van der Waals surface area contributed by atoms with Gasteiger partial charge in [0.05, 0.1) is 5.69 Å². The normalized spacial score (nSPS) is 19.0. The summed E-state index contributed by atoms with van der Waals surface area (Å²) in [5.74, 6) is 0. The molecule has 4 rings (SSSR count). The molecule has 0 aliphatic carbocycles. The zero-order valence-corrected chi connectivity index (χ0v) is 17.2. The van der Waals surface area contributed by atoms with Gasteiger partial charge in [-0.3, -0.25) is 5.32 Å². The first-order chi connectivity index (χ1) is 13.0. The van der Waals surface area contributed by atoms with Crippen LogP contribution in [0.1, 0.15) is 18.3 Å². The number of rotatable bonds is 5. The number of H-pyrrole nitrogens is 1. The molecule has 2 atom stereocenters. The minimum absolute atomic E-state index is 0.294. The van der Waals surface area contributed by atoms with E-state index in [1.807, 2.05) is 42.5 Å². The molecule has 1 fully saturated rings. The molecule has 4 nitrogen and oxygen atoms in total. The number of halogens is 2. The van der Waals surface area contributed by atoms with Gasteiger partial charge in [-0.2, -0.15) is 0 Å².